The molecule has 0 bridgehead atoms. The Labute approximate surface area is 494 Å². The predicted octanol–water partition coefficient (Wildman–Crippen LogP) is 22.9. The van der Waals surface area contributed by atoms with Crippen molar-refractivity contribution in [3.8, 4) is 0 Å². The zero-order valence-electron chi connectivity index (χ0n) is 52.0. The fourth-order valence-corrected chi connectivity index (χ4v) is 9.00. The molecule has 0 aliphatic rings. The maximum absolute atomic E-state index is 12.9. The minimum atomic E-state index is -0.792. The molecule has 0 N–H and O–H groups in total. The normalized spacial score (nSPS) is 13.0. The van der Waals surface area contributed by atoms with Crippen molar-refractivity contribution in [3.63, 3.8) is 0 Å². The maximum atomic E-state index is 12.9. The average molecular weight is 1110 g/mol. The lowest BCUT2D eigenvalue weighted by atomic mass is 10.0. The first-order chi connectivity index (χ1) is 39.5. The predicted molar refractivity (Wildman–Crippen MR) is 348 cm³/mol. The molecule has 0 saturated heterocycles. The van der Waals surface area contributed by atoms with E-state index < -0.39 is 6.10 Å². The third kappa shape index (κ3) is 64.4. The van der Waals surface area contributed by atoms with Crippen molar-refractivity contribution < 1.29 is 28.6 Å². The third-order valence-corrected chi connectivity index (χ3v) is 13.9. The molecule has 0 radical (unpaired) electrons. The minimum Gasteiger partial charge on any atom is -0.462 e. The summed E-state index contributed by atoms with van der Waals surface area (Å²) in [6, 6.07) is 0. The number of hydrogen-bond donors (Lipinski definition) is 0. The highest BCUT2D eigenvalue weighted by Crippen LogP contribution is 2.16. The second kappa shape index (κ2) is 67.1. The van der Waals surface area contributed by atoms with Gasteiger partial charge in [0.1, 0.15) is 13.2 Å². The first-order valence-corrected chi connectivity index (χ1v) is 33.2. The Balaban J connectivity index is 4.17. The summed E-state index contributed by atoms with van der Waals surface area (Å²) in [5.41, 5.74) is 0. The summed E-state index contributed by atoms with van der Waals surface area (Å²) in [5, 5.41) is 0. The van der Waals surface area contributed by atoms with Gasteiger partial charge in [-0.25, -0.2) is 0 Å². The van der Waals surface area contributed by atoms with Gasteiger partial charge in [0.15, 0.2) is 6.10 Å². The quantitative estimate of drug-likeness (QED) is 0.0261. The molecular weight excluding hydrogens is 985 g/mol. The fraction of sp³-hybridized carbons (Fsp3) is 0.662. The Morgan fingerprint density at radius 3 is 0.762 bits per heavy atom. The van der Waals surface area contributed by atoms with Crippen molar-refractivity contribution in [2.24, 2.45) is 0 Å². The van der Waals surface area contributed by atoms with Crippen molar-refractivity contribution in [1.29, 1.82) is 0 Å². The Hall–Kier alpha value is -4.45. The molecule has 0 saturated carbocycles. The van der Waals surface area contributed by atoms with Gasteiger partial charge in [-0.1, -0.05) is 296 Å². The van der Waals surface area contributed by atoms with Gasteiger partial charge < -0.3 is 14.2 Å². The van der Waals surface area contributed by atoms with Crippen LogP contribution in [-0.2, 0) is 28.6 Å². The summed E-state index contributed by atoms with van der Waals surface area (Å²) in [6.45, 7) is 6.39. The number of ether oxygens (including phenoxy) is 3. The van der Waals surface area contributed by atoms with E-state index in [0.717, 1.165) is 141 Å². The molecule has 1 unspecified atom stereocenters. The molecule has 80 heavy (non-hydrogen) atoms. The molecule has 0 aromatic heterocycles. The molecule has 0 amide bonds. The molecule has 0 aliphatic heterocycles. The lowest BCUT2D eigenvalue weighted by Crippen LogP contribution is -2.30. The summed E-state index contributed by atoms with van der Waals surface area (Å²) in [5.74, 6) is -0.910. The van der Waals surface area contributed by atoms with E-state index in [0.29, 0.717) is 19.3 Å². The number of carbonyl (C=O) groups is 3. The number of allylic oxidation sites excluding steroid dienone is 22. The van der Waals surface area contributed by atoms with Gasteiger partial charge in [-0.3, -0.25) is 14.4 Å². The molecule has 454 valence electrons. The SMILES string of the molecule is CC/C=C\C/C=C\C/C=C\C/C=C\C/C=C\C/C=C\C/C=C\CCCCCCCCCCCCCCCC(=O)OCC(COC(=O)CCCCCCCCCCCC)OC(=O)CCCCCC/C=C\C/C=C\C/C=C\C/C=C\CC. The standard InChI is InChI=1S/C74H122O6/c1-4-7-10-13-16-19-22-24-26-28-29-30-31-32-33-34-35-36-37-38-39-40-41-42-43-44-45-47-48-50-52-55-58-61-64-67-73(76)79-70-71(69-78-72(75)66-63-60-57-54-21-18-15-12-9-6-3)80-74(77)68-65-62-59-56-53-51-49-46-27-25-23-20-17-14-11-8-5-2/h7-8,10-11,16-17,19-20,24-27,29-30,32-33,35-36,38-39,49,51,71H,4-6,9,12-15,18,21-23,28,31,34,37,40-48,50,52-70H2,1-3H3/b10-7-,11-8-,19-16-,20-17-,26-24-,27-25-,30-29-,33-32-,36-35-,39-38-,51-49-. The average Bonchev–Trinajstić information content (AvgIpc) is 3.46. The van der Waals surface area contributed by atoms with Crippen LogP contribution in [0.5, 0.6) is 0 Å². The summed E-state index contributed by atoms with van der Waals surface area (Å²) in [7, 11) is 0. The molecule has 0 aromatic carbocycles. The van der Waals surface area contributed by atoms with E-state index in [9.17, 15) is 14.4 Å². The second-order valence-corrected chi connectivity index (χ2v) is 21.6. The van der Waals surface area contributed by atoms with Crippen LogP contribution in [0.25, 0.3) is 0 Å². The second-order valence-electron chi connectivity index (χ2n) is 21.6. The largest absolute Gasteiger partial charge is 0.462 e. The zero-order chi connectivity index (χ0) is 57.8. The van der Waals surface area contributed by atoms with E-state index in [1.54, 1.807) is 0 Å². The number of rotatable bonds is 59. The first kappa shape index (κ1) is 75.5. The summed E-state index contributed by atoms with van der Waals surface area (Å²) in [6.07, 6.45) is 94.8. The van der Waals surface area contributed by atoms with Crippen LogP contribution in [0.4, 0.5) is 0 Å². The summed E-state index contributed by atoms with van der Waals surface area (Å²) >= 11 is 0. The lowest BCUT2D eigenvalue weighted by molar-refractivity contribution is -0.167. The highest BCUT2D eigenvalue weighted by molar-refractivity contribution is 5.71. The number of unbranched alkanes of at least 4 members (excludes halogenated alkanes) is 26. The van der Waals surface area contributed by atoms with Gasteiger partial charge in [0, 0.05) is 19.3 Å². The molecule has 0 heterocycles. The van der Waals surface area contributed by atoms with Crippen LogP contribution < -0.4 is 0 Å². The van der Waals surface area contributed by atoms with Crippen molar-refractivity contribution in [3.05, 3.63) is 134 Å². The van der Waals surface area contributed by atoms with Gasteiger partial charge in [0.05, 0.1) is 0 Å². The van der Waals surface area contributed by atoms with Crippen molar-refractivity contribution in [1.82, 2.24) is 0 Å². The fourth-order valence-electron chi connectivity index (χ4n) is 9.00. The lowest BCUT2D eigenvalue weighted by Gasteiger charge is -2.18. The van der Waals surface area contributed by atoms with Gasteiger partial charge in [0.25, 0.3) is 0 Å². The molecule has 6 nitrogen and oxygen atoms in total. The van der Waals surface area contributed by atoms with Crippen molar-refractivity contribution in [2.75, 3.05) is 13.2 Å². The topological polar surface area (TPSA) is 78.9 Å². The van der Waals surface area contributed by atoms with Crippen LogP contribution in [0.2, 0.25) is 0 Å². The number of hydrogen-bond acceptors (Lipinski definition) is 6. The van der Waals surface area contributed by atoms with Gasteiger partial charge >= 0.3 is 17.9 Å². The molecule has 0 fully saturated rings. The molecule has 1 atom stereocenters. The first-order valence-electron chi connectivity index (χ1n) is 33.2. The van der Waals surface area contributed by atoms with Crippen molar-refractivity contribution >= 4 is 17.9 Å². The van der Waals surface area contributed by atoms with E-state index in [2.05, 4.69) is 154 Å². The van der Waals surface area contributed by atoms with E-state index in [-0.39, 0.29) is 31.1 Å². The maximum Gasteiger partial charge on any atom is 0.306 e. The molecule has 0 aromatic rings. The van der Waals surface area contributed by atoms with E-state index in [1.165, 1.54) is 116 Å². The summed E-state index contributed by atoms with van der Waals surface area (Å²) < 4.78 is 16.9. The van der Waals surface area contributed by atoms with Crippen LogP contribution in [0.1, 0.15) is 297 Å². The highest BCUT2D eigenvalue weighted by atomic mass is 16.6. The number of esters is 3. The Morgan fingerprint density at radius 1 is 0.263 bits per heavy atom. The molecule has 0 spiro atoms. The van der Waals surface area contributed by atoms with Crippen molar-refractivity contribution in [2.45, 2.75) is 303 Å². The van der Waals surface area contributed by atoms with Crippen LogP contribution >= 0.6 is 0 Å². The van der Waals surface area contributed by atoms with Crippen LogP contribution in [0, 0.1) is 0 Å². The Morgan fingerprint density at radius 2 is 0.487 bits per heavy atom. The summed E-state index contributed by atoms with van der Waals surface area (Å²) in [4.78, 5) is 38.2. The van der Waals surface area contributed by atoms with Gasteiger partial charge in [-0.15, -0.1) is 0 Å². The van der Waals surface area contributed by atoms with E-state index in [4.69, 9.17) is 14.2 Å². The molecule has 6 heteroatoms. The van der Waals surface area contributed by atoms with Crippen LogP contribution in [0.15, 0.2) is 134 Å². The monoisotopic (exact) mass is 1110 g/mol. The minimum absolute atomic E-state index is 0.0877. The molecular formula is C74H122O6. The van der Waals surface area contributed by atoms with E-state index >= 15 is 0 Å². The van der Waals surface area contributed by atoms with Crippen LogP contribution in [-0.4, -0.2) is 37.2 Å². The smallest absolute Gasteiger partial charge is 0.306 e. The van der Waals surface area contributed by atoms with Gasteiger partial charge in [-0.05, 0) is 116 Å². The highest BCUT2D eigenvalue weighted by Gasteiger charge is 2.19. The van der Waals surface area contributed by atoms with Gasteiger partial charge in [0.2, 0.25) is 0 Å². The van der Waals surface area contributed by atoms with Crippen LogP contribution in [0.3, 0.4) is 0 Å². The van der Waals surface area contributed by atoms with Gasteiger partial charge in [-0.2, -0.15) is 0 Å². The number of carbonyl (C=O) groups excluding carboxylic acids is 3. The molecule has 0 rings (SSSR count). The Kier molecular flexibility index (Phi) is 63.3. The molecule has 0 aliphatic carbocycles. The van der Waals surface area contributed by atoms with E-state index in [1.807, 2.05) is 0 Å². The zero-order valence-corrected chi connectivity index (χ0v) is 52.0. The Bertz CT molecular complexity index is 1700. The third-order valence-electron chi connectivity index (χ3n) is 13.9.